The van der Waals surface area contributed by atoms with Gasteiger partial charge in [0.2, 0.25) is 5.91 Å². The molecule has 25 heavy (non-hydrogen) atoms. The Bertz CT molecular complexity index is 920. The summed E-state index contributed by atoms with van der Waals surface area (Å²) < 4.78 is 15.0. The minimum absolute atomic E-state index is 0.0456. The highest BCUT2D eigenvalue weighted by atomic mass is 35.5. The molecule has 3 aromatic rings. The van der Waals surface area contributed by atoms with Crippen molar-refractivity contribution < 1.29 is 14.3 Å². The van der Waals surface area contributed by atoms with E-state index < -0.39 is 5.91 Å². The number of aromatic nitrogens is 1. The lowest BCUT2D eigenvalue weighted by atomic mass is 10.1. The molecule has 0 aliphatic heterocycles. The Morgan fingerprint density at radius 2 is 1.84 bits per heavy atom. The molecule has 0 aliphatic carbocycles. The van der Waals surface area contributed by atoms with Crippen molar-refractivity contribution in [1.29, 1.82) is 0 Å². The maximum atomic E-state index is 13.2. The fraction of sp³-hybridized carbons (Fsp3) is 0.105. The van der Waals surface area contributed by atoms with Gasteiger partial charge in [0.25, 0.3) is 0 Å². The summed E-state index contributed by atoms with van der Waals surface area (Å²) in [6.07, 6.45) is 0.580. The molecule has 0 saturated carbocycles. The van der Waals surface area contributed by atoms with Crippen LogP contribution in [-0.2, 0) is 11.2 Å². The number of halogens is 2. The number of carbonyl (C=O) groups is 1. The van der Waals surface area contributed by atoms with Gasteiger partial charge in [-0.25, -0.2) is 4.39 Å². The Balaban J connectivity index is 2.17. The van der Waals surface area contributed by atoms with Gasteiger partial charge in [-0.2, -0.15) is 0 Å². The summed E-state index contributed by atoms with van der Waals surface area (Å²) in [5, 5.41) is 10.8. The van der Waals surface area contributed by atoms with Crippen molar-refractivity contribution in [3.63, 3.8) is 0 Å². The van der Waals surface area contributed by atoms with E-state index in [4.69, 9.17) is 17.3 Å². The number of hydrogen-bond acceptors (Lipinski definition) is 2. The number of hydrogen-bond donors (Lipinski definition) is 2. The van der Waals surface area contributed by atoms with E-state index in [0.717, 1.165) is 17.0 Å². The number of phenols is 1. The SMILES string of the molecule is NC(=O)CCc1ccc(-c2ccc(F)cc2)n1-c1cc(Cl)ccc1O. The van der Waals surface area contributed by atoms with Crippen molar-refractivity contribution in [2.24, 2.45) is 5.73 Å². The average Bonchev–Trinajstić information content (AvgIpc) is 2.99. The molecule has 0 atom stereocenters. The maximum Gasteiger partial charge on any atom is 0.217 e. The van der Waals surface area contributed by atoms with Crippen LogP contribution in [0.2, 0.25) is 5.02 Å². The van der Waals surface area contributed by atoms with Crippen molar-refractivity contribution in [3.8, 4) is 22.7 Å². The van der Waals surface area contributed by atoms with Crippen LogP contribution in [0.3, 0.4) is 0 Å². The normalized spacial score (nSPS) is 10.8. The third-order valence-corrected chi connectivity index (χ3v) is 4.14. The first-order valence-corrected chi connectivity index (χ1v) is 8.07. The molecular weight excluding hydrogens is 343 g/mol. The Kier molecular flexibility index (Phi) is 4.76. The van der Waals surface area contributed by atoms with Gasteiger partial charge in [-0.15, -0.1) is 0 Å². The zero-order valence-electron chi connectivity index (χ0n) is 13.2. The molecule has 0 aliphatic rings. The smallest absolute Gasteiger partial charge is 0.217 e. The van der Waals surface area contributed by atoms with E-state index >= 15 is 0 Å². The molecule has 1 amide bonds. The molecule has 4 nitrogen and oxygen atoms in total. The molecule has 0 bridgehead atoms. The number of amides is 1. The molecule has 6 heteroatoms. The zero-order valence-corrected chi connectivity index (χ0v) is 14.0. The van der Waals surface area contributed by atoms with Gasteiger partial charge in [0.15, 0.2) is 0 Å². The summed E-state index contributed by atoms with van der Waals surface area (Å²) in [6.45, 7) is 0. The van der Waals surface area contributed by atoms with Crippen LogP contribution >= 0.6 is 11.6 Å². The minimum Gasteiger partial charge on any atom is -0.506 e. The van der Waals surface area contributed by atoms with Gasteiger partial charge in [-0.05, 0) is 66.6 Å². The second-order valence-corrected chi connectivity index (χ2v) is 6.09. The largest absolute Gasteiger partial charge is 0.506 e. The highest BCUT2D eigenvalue weighted by Crippen LogP contribution is 2.33. The van der Waals surface area contributed by atoms with Crippen molar-refractivity contribution >= 4 is 17.5 Å². The van der Waals surface area contributed by atoms with E-state index in [1.807, 2.05) is 12.1 Å². The van der Waals surface area contributed by atoms with Gasteiger partial charge >= 0.3 is 0 Å². The zero-order chi connectivity index (χ0) is 18.0. The number of benzene rings is 2. The molecule has 1 aromatic heterocycles. The van der Waals surface area contributed by atoms with E-state index in [2.05, 4.69) is 0 Å². The van der Waals surface area contributed by atoms with Crippen LogP contribution in [0.25, 0.3) is 16.9 Å². The molecule has 128 valence electrons. The second-order valence-electron chi connectivity index (χ2n) is 5.65. The summed E-state index contributed by atoms with van der Waals surface area (Å²) in [5.74, 6) is -0.697. The summed E-state index contributed by atoms with van der Waals surface area (Å²) in [6, 6.07) is 14.5. The van der Waals surface area contributed by atoms with Crippen LogP contribution in [0, 0.1) is 5.82 Å². The van der Waals surface area contributed by atoms with Crippen molar-refractivity contribution in [3.05, 3.63) is 71.1 Å². The Hall–Kier alpha value is -2.79. The van der Waals surface area contributed by atoms with Crippen LogP contribution in [0.5, 0.6) is 5.75 Å². The maximum absolute atomic E-state index is 13.2. The average molecular weight is 359 g/mol. The summed E-state index contributed by atoms with van der Waals surface area (Å²) in [5.41, 5.74) is 8.04. The minimum atomic E-state index is -0.411. The molecular formula is C19H16ClFN2O2. The fourth-order valence-corrected chi connectivity index (χ4v) is 2.90. The highest BCUT2D eigenvalue weighted by molar-refractivity contribution is 6.30. The fourth-order valence-electron chi connectivity index (χ4n) is 2.73. The monoisotopic (exact) mass is 358 g/mol. The Labute approximate surface area is 149 Å². The lowest BCUT2D eigenvalue weighted by Crippen LogP contribution is -2.13. The van der Waals surface area contributed by atoms with Crippen LogP contribution in [0.1, 0.15) is 12.1 Å². The molecule has 1 heterocycles. The van der Waals surface area contributed by atoms with Crippen LogP contribution in [0.15, 0.2) is 54.6 Å². The van der Waals surface area contributed by atoms with Gasteiger partial charge in [0, 0.05) is 17.1 Å². The van der Waals surface area contributed by atoms with Crippen LogP contribution in [-0.4, -0.2) is 15.6 Å². The van der Waals surface area contributed by atoms with Crippen molar-refractivity contribution in [1.82, 2.24) is 4.57 Å². The summed E-state index contributed by atoms with van der Waals surface area (Å²) in [7, 11) is 0. The van der Waals surface area contributed by atoms with Crippen molar-refractivity contribution in [2.75, 3.05) is 0 Å². The van der Waals surface area contributed by atoms with Gasteiger partial charge in [-0.3, -0.25) is 4.79 Å². The molecule has 0 unspecified atom stereocenters. The van der Waals surface area contributed by atoms with E-state index in [-0.39, 0.29) is 18.0 Å². The molecule has 0 radical (unpaired) electrons. The number of phenolic OH excluding ortho intramolecular Hbond substituents is 1. The van der Waals surface area contributed by atoms with Crippen LogP contribution in [0.4, 0.5) is 4.39 Å². The first kappa shape index (κ1) is 17.0. The molecule has 0 saturated heterocycles. The number of rotatable bonds is 5. The van der Waals surface area contributed by atoms with Gasteiger partial charge in [0.05, 0.1) is 11.4 Å². The van der Waals surface area contributed by atoms with Gasteiger partial charge < -0.3 is 15.4 Å². The number of primary amides is 1. The molecule has 0 fully saturated rings. The Morgan fingerprint density at radius 1 is 1.12 bits per heavy atom. The lowest BCUT2D eigenvalue weighted by Gasteiger charge is -2.15. The molecule has 3 N–H and O–H groups in total. The predicted molar refractivity (Wildman–Crippen MR) is 95.4 cm³/mol. The predicted octanol–water partition coefficient (Wildman–Crippen LogP) is 4.06. The van der Waals surface area contributed by atoms with E-state index in [1.54, 1.807) is 28.8 Å². The first-order chi connectivity index (χ1) is 12.0. The topological polar surface area (TPSA) is 68.2 Å². The van der Waals surface area contributed by atoms with E-state index in [1.165, 1.54) is 18.2 Å². The quantitative estimate of drug-likeness (QED) is 0.722. The third kappa shape index (κ3) is 3.67. The number of aryl methyl sites for hydroxylation is 1. The molecule has 0 spiro atoms. The molecule has 3 rings (SSSR count). The van der Waals surface area contributed by atoms with E-state index in [0.29, 0.717) is 17.1 Å². The number of nitrogens with zero attached hydrogens (tertiary/aromatic N) is 1. The lowest BCUT2D eigenvalue weighted by molar-refractivity contribution is -0.118. The summed E-state index contributed by atoms with van der Waals surface area (Å²) in [4.78, 5) is 11.2. The Morgan fingerprint density at radius 3 is 2.52 bits per heavy atom. The van der Waals surface area contributed by atoms with Crippen LogP contribution < -0.4 is 5.73 Å². The number of nitrogens with two attached hydrogens (primary N) is 1. The second kappa shape index (κ2) is 6.99. The number of aromatic hydroxyl groups is 1. The van der Waals surface area contributed by atoms with Gasteiger partial charge in [-0.1, -0.05) is 11.6 Å². The standard InChI is InChI=1S/C19H16ClFN2O2/c20-13-3-9-18(24)17(11-13)23-15(7-10-19(22)25)6-8-16(23)12-1-4-14(21)5-2-12/h1-6,8-9,11,24H,7,10H2,(H2,22,25). The highest BCUT2D eigenvalue weighted by Gasteiger charge is 2.16. The molecule has 2 aromatic carbocycles. The van der Waals surface area contributed by atoms with Gasteiger partial charge in [0.1, 0.15) is 11.6 Å². The van der Waals surface area contributed by atoms with E-state index in [9.17, 15) is 14.3 Å². The third-order valence-electron chi connectivity index (χ3n) is 3.91. The van der Waals surface area contributed by atoms with Crippen molar-refractivity contribution in [2.45, 2.75) is 12.8 Å². The summed E-state index contributed by atoms with van der Waals surface area (Å²) >= 11 is 6.08. The number of carbonyl (C=O) groups excluding carboxylic acids is 1. The first-order valence-electron chi connectivity index (χ1n) is 7.69.